The second-order valence-electron chi connectivity index (χ2n) is 13.1. The number of aromatic nitrogens is 2. The zero-order valence-corrected chi connectivity index (χ0v) is 28.6. The highest BCUT2D eigenvalue weighted by molar-refractivity contribution is 5.96. The minimum atomic E-state index is -0.137. The molecule has 1 amide bonds. The predicted octanol–water partition coefficient (Wildman–Crippen LogP) is 6.09. The quantitative estimate of drug-likeness (QED) is 0.168. The Bertz CT molecular complexity index is 1850. The zero-order chi connectivity index (χ0) is 33.8. The largest absolute Gasteiger partial charge is 0.493 e. The third-order valence-corrected chi connectivity index (χ3v) is 10.3. The van der Waals surface area contributed by atoms with Gasteiger partial charge in [-0.2, -0.15) is 0 Å². The number of benzene rings is 3. The summed E-state index contributed by atoms with van der Waals surface area (Å²) in [4.78, 5) is 26.1. The highest BCUT2D eigenvalue weighted by Crippen LogP contribution is 2.41. The molecule has 10 heteroatoms. The predicted molar refractivity (Wildman–Crippen MR) is 190 cm³/mol. The van der Waals surface area contributed by atoms with Crippen LogP contribution >= 0.6 is 0 Å². The summed E-state index contributed by atoms with van der Waals surface area (Å²) in [5, 5.41) is 0. The topological polar surface area (TPSA) is 85.4 Å². The van der Waals surface area contributed by atoms with Gasteiger partial charge < -0.3 is 37.9 Å². The van der Waals surface area contributed by atoms with Crippen molar-refractivity contribution < 1.29 is 23.4 Å². The van der Waals surface area contributed by atoms with Gasteiger partial charge in [0.1, 0.15) is 0 Å². The summed E-state index contributed by atoms with van der Waals surface area (Å²) in [6.07, 6.45) is 6.47. The number of ether oxygens (including phenoxy) is 3. The Morgan fingerprint density at radius 1 is 0.878 bits per heavy atom. The van der Waals surface area contributed by atoms with Crippen LogP contribution in [0.5, 0.6) is 17.2 Å². The van der Waals surface area contributed by atoms with Gasteiger partial charge in [0.25, 0.3) is 5.91 Å². The SMILES string of the molecule is COc1cc(C(=O)N2CCC(CCN3CCCN(c4nc5ccccc5n4Cc4ccoc4)CC3)(c3ccccc3)C2)cc(OC)c1OC. The lowest BCUT2D eigenvalue weighted by molar-refractivity contribution is 0.0780. The maximum atomic E-state index is 14.0. The summed E-state index contributed by atoms with van der Waals surface area (Å²) in [5.74, 6) is 2.42. The highest BCUT2D eigenvalue weighted by atomic mass is 16.5. The molecule has 7 rings (SSSR count). The maximum absolute atomic E-state index is 14.0. The Balaban J connectivity index is 1.07. The van der Waals surface area contributed by atoms with E-state index in [1.54, 1.807) is 39.7 Å². The van der Waals surface area contributed by atoms with Crippen LogP contribution in [0.3, 0.4) is 0 Å². The van der Waals surface area contributed by atoms with E-state index in [1.807, 2.05) is 17.2 Å². The van der Waals surface area contributed by atoms with Crippen LogP contribution in [0.1, 0.15) is 40.7 Å². The number of methoxy groups -OCH3 is 3. The molecule has 2 aromatic heterocycles. The van der Waals surface area contributed by atoms with E-state index in [2.05, 4.69) is 69.0 Å². The second kappa shape index (κ2) is 14.3. The van der Waals surface area contributed by atoms with Gasteiger partial charge in [0, 0.05) is 49.3 Å². The van der Waals surface area contributed by atoms with Crippen LogP contribution in [0.2, 0.25) is 0 Å². The van der Waals surface area contributed by atoms with Crippen molar-refractivity contribution in [3.05, 3.63) is 102 Å². The molecule has 256 valence electrons. The number of amides is 1. The number of fused-ring (bicyclic) bond motifs is 1. The lowest BCUT2D eigenvalue weighted by Gasteiger charge is -2.33. The number of para-hydroxylation sites is 2. The molecule has 2 aliphatic rings. The van der Waals surface area contributed by atoms with E-state index in [4.69, 9.17) is 23.6 Å². The second-order valence-corrected chi connectivity index (χ2v) is 13.1. The van der Waals surface area contributed by atoms with Crippen molar-refractivity contribution in [2.75, 3.05) is 72.0 Å². The van der Waals surface area contributed by atoms with Crippen molar-refractivity contribution in [1.82, 2.24) is 19.4 Å². The number of imidazole rings is 1. The molecule has 0 saturated carbocycles. The van der Waals surface area contributed by atoms with Crippen LogP contribution in [-0.4, -0.2) is 92.4 Å². The number of hydrogen-bond donors (Lipinski definition) is 0. The molecule has 4 heterocycles. The van der Waals surface area contributed by atoms with E-state index in [0.717, 1.165) is 81.1 Å². The maximum Gasteiger partial charge on any atom is 0.254 e. The summed E-state index contributed by atoms with van der Waals surface area (Å²) in [6, 6.07) is 24.6. The fourth-order valence-electron chi connectivity index (χ4n) is 7.60. The number of furan rings is 1. The lowest BCUT2D eigenvalue weighted by Crippen LogP contribution is -2.39. The van der Waals surface area contributed by atoms with Gasteiger partial charge in [-0.25, -0.2) is 4.98 Å². The molecule has 0 radical (unpaired) electrons. The van der Waals surface area contributed by atoms with Crippen LogP contribution in [0, 0.1) is 0 Å². The van der Waals surface area contributed by atoms with Gasteiger partial charge in [-0.1, -0.05) is 42.5 Å². The van der Waals surface area contributed by atoms with E-state index >= 15 is 0 Å². The average molecular weight is 664 g/mol. The Kier molecular flexibility index (Phi) is 9.48. The van der Waals surface area contributed by atoms with Crippen LogP contribution < -0.4 is 19.1 Å². The van der Waals surface area contributed by atoms with E-state index in [9.17, 15) is 4.79 Å². The molecule has 10 nitrogen and oxygen atoms in total. The molecule has 1 atom stereocenters. The molecule has 49 heavy (non-hydrogen) atoms. The molecule has 0 bridgehead atoms. The fraction of sp³-hybridized carbons (Fsp3) is 0.385. The van der Waals surface area contributed by atoms with Gasteiger partial charge in [-0.05, 0) is 68.2 Å². The van der Waals surface area contributed by atoms with Crippen LogP contribution in [0.4, 0.5) is 5.95 Å². The summed E-state index contributed by atoms with van der Waals surface area (Å²) in [5.41, 5.74) is 4.96. The van der Waals surface area contributed by atoms with Crippen LogP contribution in [0.15, 0.2) is 89.7 Å². The summed E-state index contributed by atoms with van der Waals surface area (Å²) in [7, 11) is 4.71. The van der Waals surface area contributed by atoms with Crippen molar-refractivity contribution in [1.29, 1.82) is 0 Å². The van der Waals surface area contributed by atoms with Crippen molar-refractivity contribution in [3.63, 3.8) is 0 Å². The number of likely N-dealkylation sites (tertiary alicyclic amines) is 1. The number of hydrogen-bond acceptors (Lipinski definition) is 8. The Labute approximate surface area is 287 Å². The third-order valence-electron chi connectivity index (χ3n) is 10.3. The smallest absolute Gasteiger partial charge is 0.254 e. The zero-order valence-electron chi connectivity index (χ0n) is 28.6. The van der Waals surface area contributed by atoms with Crippen molar-refractivity contribution in [3.8, 4) is 17.2 Å². The highest BCUT2D eigenvalue weighted by Gasteiger charge is 2.42. The van der Waals surface area contributed by atoms with Gasteiger partial charge in [0.15, 0.2) is 11.5 Å². The number of nitrogens with zero attached hydrogens (tertiary/aromatic N) is 5. The minimum Gasteiger partial charge on any atom is -0.493 e. The first-order valence-electron chi connectivity index (χ1n) is 17.1. The molecular formula is C39H45N5O5. The van der Waals surface area contributed by atoms with Crippen LogP contribution in [0.25, 0.3) is 11.0 Å². The van der Waals surface area contributed by atoms with Crippen LogP contribution in [-0.2, 0) is 12.0 Å². The van der Waals surface area contributed by atoms with E-state index < -0.39 is 0 Å². The van der Waals surface area contributed by atoms with Gasteiger partial charge >= 0.3 is 0 Å². The third kappa shape index (κ3) is 6.57. The standard InChI is InChI=1S/C39H45N5O5/c1-46-34-24-30(25-35(47-2)36(34)48-3)37(45)43-20-16-39(28-43,31-10-5-4-6-11-31)15-19-41-17-9-18-42(22-21-41)38-40-32-12-7-8-13-33(32)44(38)26-29-14-23-49-27-29/h4-8,10-14,23-25,27H,9,15-22,26,28H2,1-3H3. The summed E-state index contributed by atoms with van der Waals surface area (Å²) >= 11 is 0. The fourth-order valence-corrected chi connectivity index (χ4v) is 7.60. The van der Waals surface area contributed by atoms with E-state index in [1.165, 1.54) is 5.56 Å². The first-order chi connectivity index (χ1) is 24.0. The molecular weight excluding hydrogens is 618 g/mol. The minimum absolute atomic E-state index is 0.0271. The van der Waals surface area contributed by atoms with Crippen molar-refractivity contribution in [2.45, 2.75) is 31.2 Å². The Morgan fingerprint density at radius 2 is 1.65 bits per heavy atom. The molecule has 1 unspecified atom stereocenters. The monoisotopic (exact) mass is 663 g/mol. The first-order valence-corrected chi connectivity index (χ1v) is 17.1. The van der Waals surface area contributed by atoms with E-state index in [0.29, 0.717) is 35.9 Å². The number of carbonyl (C=O) groups excluding carboxylic acids is 1. The number of anilines is 1. The molecule has 2 saturated heterocycles. The van der Waals surface area contributed by atoms with Crippen molar-refractivity contribution >= 4 is 22.9 Å². The molecule has 2 fully saturated rings. The average Bonchev–Trinajstić information content (AvgIpc) is 3.87. The van der Waals surface area contributed by atoms with Gasteiger partial charge in [-0.15, -0.1) is 0 Å². The molecule has 3 aromatic carbocycles. The summed E-state index contributed by atoms with van der Waals surface area (Å²) < 4.78 is 24.3. The lowest BCUT2D eigenvalue weighted by atomic mass is 9.76. The van der Waals surface area contributed by atoms with Gasteiger partial charge in [0.05, 0.1) is 51.4 Å². The molecule has 0 aliphatic carbocycles. The van der Waals surface area contributed by atoms with Gasteiger partial charge in [0.2, 0.25) is 11.7 Å². The summed E-state index contributed by atoms with van der Waals surface area (Å²) in [6.45, 7) is 6.85. The Morgan fingerprint density at radius 3 is 2.39 bits per heavy atom. The first kappa shape index (κ1) is 32.6. The van der Waals surface area contributed by atoms with E-state index in [-0.39, 0.29) is 11.3 Å². The Hall–Kier alpha value is -4.96. The molecule has 0 N–H and O–H groups in total. The molecule has 5 aromatic rings. The number of carbonyl (C=O) groups is 1. The van der Waals surface area contributed by atoms with Crippen molar-refractivity contribution in [2.24, 2.45) is 0 Å². The molecule has 0 spiro atoms. The normalized spacial score (nSPS) is 18.5. The molecule has 2 aliphatic heterocycles. The number of rotatable bonds is 11. The van der Waals surface area contributed by atoms with Gasteiger partial charge in [-0.3, -0.25) is 4.79 Å².